The molecule has 0 bridgehead atoms. The van der Waals surface area contributed by atoms with E-state index in [0.29, 0.717) is 0 Å². The van der Waals surface area contributed by atoms with Crippen LogP contribution >= 0.6 is 0 Å². The number of pyridine rings is 1. The average molecular weight is 300 g/mol. The molecule has 0 spiro atoms. The molecule has 0 unspecified atom stereocenters. The molecule has 1 aliphatic heterocycles. The van der Waals surface area contributed by atoms with E-state index in [0.717, 1.165) is 6.07 Å². The van der Waals surface area contributed by atoms with E-state index in [-0.39, 0.29) is 10.5 Å². The van der Waals surface area contributed by atoms with Crippen molar-refractivity contribution in [1.82, 2.24) is 4.98 Å². The lowest BCUT2D eigenvalue weighted by molar-refractivity contribution is 0.00578. The molecule has 7 nitrogen and oxygen atoms in total. The molecular formula is C11H17BN2O5S. The zero-order chi connectivity index (χ0) is 15.3. The van der Waals surface area contributed by atoms with Gasteiger partial charge in [0, 0.05) is 17.7 Å². The van der Waals surface area contributed by atoms with Gasteiger partial charge in [0.25, 0.3) is 10.0 Å². The standard InChI is InChI=1S/C11H17BN2O5S/c1-10(2)11(3,4)19-12(18-10)7-6-14-9(5-8(7)15)20(13,16)17/h5-6H,1-4H3,(H,14,15)(H2,13,16,17). The maximum absolute atomic E-state index is 12.0. The molecule has 1 aliphatic rings. The van der Waals surface area contributed by atoms with Crippen molar-refractivity contribution in [3.8, 4) is 0 Å². The summed E-state index contributed by atoms with van der Waals surface area (Å²) in [5, 5.41) is 4.61. The van der Waals surface area contributed by atoms with E-state index >= 15 is 0 Å². The van der Waals surface area contributed by atoms with Crippen molar-refractivity contribution in [2.24, 2.45) is 5.14 Å². The molecule has 0 aliphatic carbocycles. The first-order valence-electron chi connectivity index (χ1n) is 6.05. The van der Waals surface area contributed by atoms with Crippen molar-refractivity contribution >= 4 is 22.6 Å². The van der Waals surface area contributed by atoms with E-state index in [1.807, 2.05) is 27.7 Å². The minimum Gasteiger partial charge on any atom is -0.399 e. The number of hydrogen-bond donors (Lipinski definition) is 2. The lowest BCUT2D eigenvalue weighted by Crippen LogP contribution is -2.44. The number of aromatic amines is 1. The van der Waals surface area contributed by atoms with Gasteiger partial charge in [-0.15, -0.1) is 0 Å². The highest BCUT2D eigenvalue weighted by Crippen LogP contribution is 2.36. The van der Waals surface area contributed by atoms with Crippen LogP contribution in [0.15, 0.2) is 22.1 Å². The fourth-order valence-electron chi connectivity index (χ4n) is 1.78. The van der Waals surface area contributed by atoms with E-state index in [1.54, 1.807) is 0 Å². The number of sulfonamides is 1. The molecule has 0 saturated carbocycles. The summed E-state index contributed by atoms with van der Waals surface area (Å²) in [6, 6.07) is 0.926. The first-order valence-corrected chi connectivity index (χ1v) is 7.60. The molecule has 2 heterocycles. The molecule has 20 heavy (non-hydrogen) atoms. The summed E-state index contributed by atoms with van der Waals surface area (Å²) >= 11 is 0. The van der Waals surface area contributed by atoms with Crippen molar-refractivity contribution < 1.29 is 17.7 Å². The molecule has 110 valence electrons. The average Bonchev–Trinajstić information content (AvgIpc) is 2.46. The monoisotopic (exact) mass is 300 g/mol. The molecule has 1 fully saturated rings. The summed E-state index contributed by atoms with van der Waals surface area (Å²) < 4.78 is 33.8. The number of primary sulfonamides is 1. The van der Waals surface area contributed by atoms with Crippen LogP contribution in [0.5, 0.6) is 0 Å². The largest absolute Gasteiger partial charge is 0.500 e. The second-order valence-electron chi connectivity index (χ2n) is 5.75. The van der Waals surface area contributed by atoms with Crippen LogP contribution in [0, 0.1) is 0 Å². The van der Waals surface area contributed by atoms with E-state index < -0.39 is 33.8 Å². The number of rotatable bonds is 2. The highest BCUT2D eigenvalue weighted by Gasteiger charge is 2.52. The predicted octanol–water partition coefficient (Wildman–Crippen LogP) is -0.678. The molecule has 1 saturated heterocycles. The predicted molar refractivity (Wildman–Crippen MR) is 74.2 cm³/mol. The Balaban J connectivity index is 2.40. The minimum absolute atomic E-state index is 0.205. The Morgan fingerprint density at radius 1 is 1.20 bits per heavy atom. The van der Waals surface area contributed by atoms with Crippen molar-refractivity contribution in [3.63, 3.8) is 0 Å². The Bertz CT molecular complexity index is 679. The Labute approximate surface area is 117 Å². The summed E-state index contributed by atoms with van der Waals surface area (Å²) in [6.07, 6.45) is 1.25. The van der Waals surface area contributed by atoms with Crippen LogP contribution < -0.4 is 16.0 Å². The molecule has 0 aromatic carbocycles. The van der Waals surface area contributed by atoms with Gasteiger partial charge in [0.1, 0.15) is 0 Å². The molecule has 2 rings (SSSR count). The number of nitrogens with one attached hydrogen (secondary N) is 1. The van der Waals surface area contributed by atoms with E-state index in [9.17, 15) is 13.2 Å². The van der Waals surface area contributed by atoms with Gasteiger partial charge in [-0.3, -0.25) is 4.79 Å². The topological polar surface area (TPSA) is 111 Å². The Kier molecular flexibility index (Phi) is 3.37. The smallest absolute Gasteiger partial charge is 0.399 e. The maximum Gasteiger partial charge on any atom is 0.500 e. The fourth-order valence-corrected chi connectivity index (χ4v) is 2.28. The molecule has 9 heteroatoms. The third-order valence-corrected chi connectivity index (χ3v) is 4.58. The van der Waals surface area contributed by atoms with E-state index in [1.165, 1.54) is 6.20 Å². The summed E-state index contributed by atoms with van der Waals surface area (Å²) in [7, 11) is -4.80. The van der Waals surface area contributed by atoms with Gasteiger partial charge in [-0.25, -0.2) is 13.6 Å². The summed E-state index contributed by atoms with van der Waals surface area (Å²) in [5.74, 6) is 0. The number of aromatic nitrogens is 1. The summed E-state index contributed by atoms with van der Waals surface area (Å²) in [6.45, 7) is 7.44. The Morgan fingerprint density at radius 3 is 2.10 bits per heavy atom. The third-order valence-electron chi connectivity index (χ3n) is 3.73. The third kappa shape index (κ3) is 2.53. The summed E-state index contributed by atoms with van der Waals surface area (Å²) in [5.41, 5.74) is -1.46. The normalized spacial score (nSPS) is 21.1. The van der Waals surface area contributed by atoms with Crippen LogP contribution in [0.2, 0.25) is 0 Å². The molecule has 1 aromatic rings. The van der Waals surface area contributed by atoms with Crippen molar-refractivity contribution in [2.45, 2.75) is 43.9 Å². The van der Waals surface area contributed by atoms with Gasteiger partial charge in [0.2, 0.25) is 0 Å². The van der Waals surface area contributed by atoms with Crippen LogP contribution in [0.4, 0.5) is 0 Å². The fraction of sp³-hybridized carbons (Fsp3) is 0.545. The van der Waals surface area contributed by atoms with Gasteiger partial charge in [-0.05, 0) is 27.7 Å². The lowest BCUT2D eigenvalue weighted by atomic mass is 9.80. The second-order valence-corrected chi connectivity index (χ2v) is 7.28. The molecule has 0 radical (unpaired) electrons. The molecule has 3 N–H and O–H groups in total. The van der Waals surface area contributed by atoms with E-state index in [4.69, 9.17) is 14.4 Å². The maximum atomic E-state index is 12.0. The number of H-pyrrole nitrogens is 1. The molecule has 0 amide bonds. The number of hydrogen-bond acceptors (Lipinski definition) is 5. The Morgan fingerprint density at radius 2 is 1.70 bits per heavy atom. The SMILES string of the molecule is CC1(C)OB(c2c[nH]c(S(N)(=O)=O)cc2=O)OC1(C)C. The van der Waals surface area contributed by atoms with E-state index in [2.05, 4.69) is 4.98 Å². The summed E-state index contributed by atoms with van der Waals surface area (Å²) in [4.78, 5) is 14.5. The van der Waals surface area contributed by atoms with Gasteiger partial charge in [-0.1, -0.05) is 0 Å². The highest BCUT2D eigenvalue weighted by atomic mass is 32.2. The zero-order valence-corrected chi connectivity index (χ0v) is 12.6. The van der Waals surface area contributed by atoms with Gasteiger partial charge in [0.15, 0.2) is 10.5 Å². The Hall–Kier alpha value is -1.16. The first kappa shape index (κ1) is 15.2. The molecular weight excluding hydrogens is 283 g/mol. The quantitative estimate of drug-likeness (QED) is 0.703. The second kappa shape index (κ2) is 4.42. The molecule has 1 aromatic heterocycles. The zero-order valence-electron chi connectivity index (χ0n) is 11.8. The number of nitrogens with two attached hydrogens (primary N) is 1. The van der Waals surface area contributed by atoms with Crippen LogP contribution in [0.25, 0.3) is 0 Å². The van der Waals surface area contributed by atoms with Gasteiger partial charge in [0.05, 0.1) is 11.2 Å². The van der Waals surface area contributed by atoms with Crippen LogP contribution in [0.3, 0.4) is 0 Å². The first-order chi connectivity index (χ1) is 8.94. The van der Waals surface area contributed by atoms with Crippen molar-refractivity contribution in [3.05, 3.63) is 22.5 Å². The van der Waals surface area contributed by atoms with Crippen LogP contribution in [-0.2, 0) is 19.3 Å². The van der Waals surface area contributed by atoms with Gasteiger partial charge >= 0.3 is 7.12 Å². The molecule has 0 atom stereocenters. The van der Waals surface area contributed by atoms with Crippen LogP contribution in [0.1, 0.15) is 27.7 Å². The minimum atomic E-state index is -3.95. The van der Waals surface area contributed by atoms with Gasteiger partial charge < -0.3 is 14.3 Å². The van der Waals surface area contributed by atoms with Crippen molar-refractivity contribution in [2.75, 3.05) is 0 Å². The highest BCUT2D eigenvalue weighted by molar-refractivity contribution is 7.89. The van der Waals surface area contributed by atoms with Gasteiger partial charge in [-0.2, -0.15) is 0 Å². The lowest BCUT2D eigenvalue weighted by Gasteiger charge is -2.32. The van der Waals surface area contributed by atoms with Crippen LogP contribution in [-0.4, -0.2) is 31.7 Å². The van der Waals surface area contributed by atoms with Crippen molar-refractivity contribution in [1.29, 1.82) is 0 Å².